The summed E-state index contributed by atoms with van der Waals surface area (Å²) in [7, 11) is 0. The Labute approximate surface area is 202 Å². The van der Waals surface area contributed by atoms with Gasteiger partial charge in [0, 0.05) is 6.42 Å². The highest BCUT2D eigenvalue weighted by Crippen LogP contribution is 2.43. The van der Waals surface area contributed by atoms with Gasteiger partial charge in [-0.05, 0) is 106 Å². The molecule has 1 aliphatic rings. The Hall–Kier alpha value is -3.35. The fraction of sp³-hybridized carbons (Fsp3) is 0.179. The average Bonchev–Trinajstić information content (AvgIpc) is 3.09. The molecular weight excluding hydrogens is 449 g/mol. The van der Waals surface area contributed by atoms with Crippen LogP contribution in [-0.4, -0.2) is 30.2 Å². The third-order valence-electron chi connectivity index (χ3n) is 5.64. The predicted molar refractivity (Wildman–Crippen MR) is 137 cm³/mol. The van der Waals surface area contributed by atoms with Crippen molar-refractivity contribution in [2.75, 3.05) is 19.5 Å². The van der Waals surface area contributed by atoms with Gasteiger partial charge >= 0.3 is 0 Å². The van der Waals surface area contributed by atoms with Crippen molar-refractivity contribution in [3.05, 3.63) is 101 Å². The molecule has 0 saturated carbocycles. The topological polar surface area (TPSA) is 53.9 Å². The molecule has 0 fully saturated rings. The first kappa shape index (κ1) is 23.8. The normalized spacial score (nSPS) is 15.1. The van der Waals surface area contributed by atoms with Crippen molar-refractivity contribution in [1.82, 2.24) is 0 Å². The Morgan fingerprint density at radius 2 is 1.76 bits per heavy atom. The Balaban J connectivity index is 1.44. The Bertz CT molecular complexity index is 1220. The second-order valence-electron chi connectivity index (χ2n) is 7.87. The summed E-state index contributed by atoms with van der Waals surface area (Å²) in [6.45, 7) is 2.73. The number of hydrogen-bond donors (Lipinski definition) is 0. The SMILES string of the molecule is CC1=C(CCON=CCOc2ccccc2)c2cc(F)ccc2C1=Cc1ccc([S+](C)[O-])cc1. The molecule has 0 radical (unpaired) electrons. The molecule has 0 bridgehead atoms. The minimum atomic E-state index is -1.01. The van der Waals surface area contributed by atoms with Gasteiger partial charge in [-0.3, -0.25) is 0 Å². The third-order valence-corrected chi connectivity index (χ3v) is 6.57. The second-order valence-corrected chi connectivity index (χ2v) is 9.25. The number of halogens is 1. The van der Waals surface area contributed by atoms with Crippen LogP contribution < -0.4 is 4.74 Å². The molecule has 0 aliphatic heterocycles. The molecule has 4 nitrogen and oxygen atoms in total. The fourth-order valence-electron chi connectivity index (χ4n) is 3.93. The van der Waals surface area contributed by atoms with Crippen LogP contribution in [0.4, 0.5) is 4.39 Å². The molecule has 0 amide bonds. The van der Waals surface area contributed by atoms with Crippen LogP contribution in [0.15, 0.2) is 88.4 Å². The maximum atomic E-state index is 14.1. The van der Waals surface area contributed by atoms with Gasteiger partial charge in [-0.25, -0.2) is 4.39 Å². The summed E-state index contributed by atoms with van der Waals surface area (Å²) in [6, 6.07) is 22.0. The first-order valence-corrected chi connectivity index (χ1v) is 12.6. The van der Waals surface area contributed by atoms with Gasteiger partial charge in [-0.1, -0.05) is 29.4 Å². The molecule has 0 saturated heterocycles. The smallest absolute Gasteiger partial charge is 0.152 e. The van der Waals surface area contributed by atoms with Crippen LogP contribution in [-0.2, 0) is 16.0 Å². The zero-order valence-corrected chi connectivity index (χ0v) is 20.0. The number of fused-ring (bicyclic) bond motifs is 1. The molecule has 174 valence electrons. The number of allylic oxidation sites excluding steroid dienone is 2. The summed E-state index contributed by atoms with van der Waals surface area (Å²) in [5, 5.41) is 3.97. The van der Waals surface area contributed by atoms with E-state index >= 15 is 0 Å². The summed E-state index contributed by atoms with van der Waals surface area (Å²) in [5.74, 6) is 0.508. The van der Waals surface area contributed by atoms with Crippen molar-refractivity contribution in [3.8, 4) is 5.75 Å². The van der Waals surface area contributed by atoms with Gasteiger partial charge in [0.2, 0.25) is 0 Å². The largest absolute Gasteiger partial charge is 0.612 e. The number of hydrogen-bond acceptors (Lipinski definition) is 4. The first-order valence-electron chi connectivity index (χ1n) is 11.0. The van der Waals surface area contributed by atoms with Gasteiger partial charge in [0.1, 0.15) is 31.0 Å². The molecule has 0 spiro atoms. The summed E-state index contributed by atoms with van der Waals surface area (Å²) in [4.78, 5) is 6.22. The van der Waals surface area contributed by atoms with E-state index in [2.05, 4.69) is 11.2 Å². The summed E-state index contributed by atoms with van der Waals surface area (Å²) >= 11 is -1.01. The maximum Gasteiger partial charge on any atom is 0.152 e. The zero-order chi connectivity index (χ0) is 23.9. The van der Waals surface area contributed by atoms with Crippen LogP contribution in [0.3, 0.4) is 0 Å². The summed E-state index contributed by atoms with van der Waals surface area (Å²) in [5.41, 5.74) is 6.06. The number of oxime groups is 1. The zero-order valence-electron chi connectivity index (χ0n) is 19.2. The molecule has 4 rings (SSSR count). The van der Waals surface area contributed by atoms with Crippen LogP contribution in [0.2, 0.25) is 0 Å². The van der Waals surface area contributed by atoms with Crippen LogP contribution >= 0.6 is 0 Å². The van der Waals surface area contributed by atoms with Gasteiger partial charge in [0.15, 0.2) is 4.90 Å². The standard InChI is InChI=1S/C28H26FNO3S/c1-20-25(14-16-33-30-15-17-32-23-6-4-3-5-7-23)28-19-22(29)10-13-26(28)27(20)18-21-8-11-24(12-9-21)34(2)31/h3-13,15,18-19H,14,16-17H2,1-2H3. The van der Waals surface area contributed by atoms with E-state index in [1.807, 2.05) is 67.6 Å². The van der Waals surface area contributed by atoms with Crippen molar-refractivity contribution in [2.45, 2.75) is 18.2 Å². The van der Waals surface area contributed by atoms with Gasteiger partial charge < -0.3 is 14.1 Å². The molecule has 0 aromatic heterocycles. The average molecular weight is 476 g/mol. The summed E-state index contributed by atoms with van der Waals surface area (Å²) in [6.07, 6.45) is 5.93. The highest BCUT2D eigenvalue weighted by molar-refractivity contribution is 7.90. The van der Waals surface area contributed by atoms with Crippen molar-refractivity contribution in [2.24, 2.45) is 5.16 Å². The fourth-order valence-corrected chi connectivity index (χ4v) is 4.45. The van der Waals surface area contributed by atoms with Gasteiger partial charge in [-0.2, -0.15) is 0 Å². The minimum Gasteiger partial charge on any atom is -0.612 e. The van der Waals surface area contributed by atoms with Crippen molar-refractivity contribution in [3.63, 3.8) is 0 Å². The van der Waals surface area contributed by atoms with Crippen LogP contribution in [0.25, 0.3) is 17.2 Å². The molecule has 1 atom stereocenters. The Morgan fingerprint density at radius 1 is 1.00 bits per heavy atom. The number of para-hydroxylation sites is 1. The van der Waals surface area contributed by atoms with E-state index < -0.39 is 11.2 Å². The first-order chi connectivity index (χ1) is 16.5. The molecule has 6 heteroatoms. The number of rotatable bonds is 9. The molecule has 34 heavy (non-hydrogen) atoms. The number of nitrogens with zero attached hydrogens (tertiary/aromatic N) is 1. The maximum absolute atomic E-state index is 14.1. The summed E-state index contributed by atoms with van der Waals surface area (Å²) < 4.78 is 31.3. The van der Waals surface area contributed by atoms with E-state index in [1.165, 1.54) is 6.07 Å². The molecule has 1 aliphatic carbocycles. The molecule has 0 N–H and O–H groups in total. The van der Waals surface area contributed by atoms with E-state index in [-0.39, 0.29) is 5.82 Å². The molecular formula is C28H26FNO3S. The van der Waals surface area contributed by atoms with Crippen molar-refractivity contribution >= 4 is 34.6 Å². The van der Waals surface area contributed by atoms with E-state index in [1.54, 1.807) is 18.5 Å². The van der Waals surface area contributed by atoms with Gasteiger partial charge in [-0.15, -0.1) is 0 Å². The second kappa shape index (κ2) is 11.2. The lowest BCUT2D eigenvalue weighted by Crippen LogP contribution is -1.99. The van der Waals surface area contributed by atoms with Gasteiger partial charge in [0.25, 0.3) is 0 Å². The van der Waals surface area contributed by atoms with Gasteiger partial charge in [0.05, 0.1) is 6.21 Å². The predicted octanol–water partition coefficient (Wildman–Crippen LogP) is 6.36. The van der Waals surface area contributed by atoms with Crippen LogP contribution in [0.1, 0.15) is 30.0 Å². The quantitative estimate of drug-likeness (QED) is 0.157. The van der Waals surface area contributed by atoms with E-state index in [4.69, 9.17) is 9.57 Å². The van der Waals surface area contributed by atoms with E-state index in [0.717, 1.165) is 44.1 Å². The number of benzene rings is 3. The number of ether oxygens (including phenoxy) is 1. The highest BCUT2D eigenvalue weighted by Gasteiger charge is 2.24. The Kier molecular flexibility index (Phi) is 7.83. The lowest BCUT2D eigenvalue weighted by molar-refractivity contribution is 0.150. The Morgan fingerprint density at radius 3 is 2.50 bits per heavy atom. The molecule has 1 unspecified atom stereocenters. The van der Waals surface area contributed by atoms with Crippen LogP contribution in [0.5, 0.6) is 5.75 Å². The highest BCUT2D eigenvalue weighted by atomic mass is 32.2. The lowest BCUT2D eigenvalue weighted by atomic mass is 10.0. The van der Waals surface area contributed by atoms with Crippen LogP contribution in [0, 0.1) is 5.82 Å². The monoisotopic (exact) mass is 475 g/mol. The molecule has 0 heterocycles. The van der Waals surface area contributed by atoms with E-state index in [9.17, 15) is 8.94 Å². The third kappa shape index (κ3) is 5.76. The molecule has 3 aromatic rings. The minimum absolute atomic E-state index is 0.267. The van der Waals surface area contributed by atoms with E-state index in [0.29, 0.717) is 19.6 Å². The van der Waals surface area contributed by atoms with Crippen molar-refractivity contribution < 1.29 is 18.5 Å². The lowest BCUT2D eigenvalue weighted by Gasteiger charge is -2.06. The molecule has 3 aromatic carbocycles. The van der Waals surface area contributed by atoms with Crippen molar-refractivity contribution in [1.29, 1.82) is 0 Å².